The van der Waals surface area contributed by atoms with Crippen molar-refractivity contribution >= 4 is 17.6 Å². The molecule has 3 rings (SSSR count). The molecule has 0 aliphatic heterocycles. The zero-order valence-electron chi connectivity index (χ0n) is 18.0. The van der Waals surface area contributed by atoms with Crippen molar-refractivity contribution < 1.29 is 14.1 Å². The summed E-state index contributed by atoms with van der Waals surface area (Å²) in [5, 5.41) is 9.08. The van der Waals surface area contributed by atoms with E-state index in [0.717, 1.165) is 5.56 Å². The van der Waals surface area contributed by atoms with E-state index in [2.05, 4.69) is 29.6 Å². The Kier molecular flexibility index (Phi) is 6.69. The maximum Gasteiger partial charge on any atom is 0.263 e. The summed E-state index contributed by atoms with van der Waals surface area (Å²) >= 11 is 0. The number of aryl methyl sites for hydroxylation is 1. The highest BCUT2D eigenvalue weighted by molar-refractivity contribution is 5.94. The van der Waals surface area contributed by atoms with Gasteiger partial charge in [-0.15, -0.1) is 0 Å². The van der Waals surface area contributed by atoms with Crippen molar-refractivity contribution in [1.29, 1.82) is 0 Å². The van der Waals surface area contributed by atoms with E-state index in [9.17, 15) is 14.4 Å². The van der Waals surface area contributed by atoms with Gasteiger partial charge >= 0.3 is 0 Å². The number of benzene rings is 1. The molecule has 2 N–H and O–H groups in total. The normalized spacial score (nSPS) is 11.9. The van der Waals surface area contributed by atoms with Crippen LogP contribution in [0.15, 0.2) is 58.0 Å². The average Bonchev–Trinajstić information content (AvgIpc) is 3.13. The van der Waals surface area contributed by atoms with Crippen LogP contribution in [-0.2, 0) is 11.3 Å². The molecule has 0 aliphatic carbocycles. The fourth-order valence-corrected chi connectivity index (χ4v) is 3.12. The Bertz CT molecular complexity index is 1130. The first-order valence-corrected chi connectivity index (χ1v) is 10.1. The van der Waals surface area contributed by atoms with Crippen molar-refractivity contribution in [3.63, 3.8) is 0 Å². The summed E-state index contributed by atoms with van der Waals surface area (Å²) in [5.74, 6) is 0.298. The van der Waals surface area contributed by atoms with Gasteiger partial charge in [0.15, 0.2) is 5.82 Å². The van der Waals surface area contributed by atoms with E-state index in [0.29, 0.717) is 11.7 Å². The quantitative estimate of drug-likeness (QED) is 0.607. The average molecular weight is 422 g/mol. The number of aromatic nitrogens is 2. The van der Waals surface area contributed by atoms with Gasteiger partial charge < -0.3 is 19.7 Å². The Balaban J connectivity index is 1.68. The minimum Gasteiger partial charge on any atom is -0.360 e. The molecule has 0 fully saturated rings. The lowest BCUT2D eigenvalue weighted by Crippen LogP contribution is -2.35. The third-order valence-corrected chi connectivity index (χ3v) is 4.92. The zero-order chi connectivity index (χ0) is 22.5. The van der Waals surface area contributed by atoms with Gasteiger partial charge in [0.1, 0.15) is 17.9 Å². The minimum atomic E-state index is -0.547. The zero-order valence-corrected chi connectivity index (χ0v) is 18.0. The standard InChI is InChI=1S/C23H26N4O4/c1-14(2)17-7-9-18(10-8-17)16(4)24-22(29)19-6-5-11-27(23(19)30)13-21(28)25-20-12-15(3)31-26-20/h5-12,14,16H,13H2,1-4H3,(H,24,29)(H,25,26,28). The van der Waals surface area contributed by atoms with Gasteiger partial charge in [0.2, 0.25) is 5.91 Å². The highest BCUT2D eigenvalue weighted by Crippen LogP contribution is 2.18. The van der Waals surface area contributed by atoms with Gasteiger partial charge in [0.05, 0.1) is 6.04 Å². The molecule has 0 saturated heterocycles. The summed E-state index contributed by atoms with van der Waals surface area (Å²) in [6.07, 6.45) is 1.46. The predicted octanol–water partition coefficient (Wildman–Crippen LogP) is 3.40. The highest BCUT2D eigenvalue weighted by Gasteiger charge is 2.17. The van der Waals surface area contributed by atoms with Crippen LogP contribution >= 0.6 is 0 Å². The second-order valence-electron chi connectivity index (χ2n) is 7.74. The Morgan fingerprint density at radius 3 is 2.39 bits per heavy atom. The number of amides is 2. The second-order valence-corrected chi connectivity index (χ2v) is 7.74. The Morgan fingerprint density at radius 1 is 1.10 bits per heavy atom. The number of pyridine rings is 1. The monoisotopic (exact) mass is 422 g/mol. The van der Waals surface area contributed by atoms with Gasteiger partial charge in [0.25, 0.3) is 11.5 Å². The maximum absolute atomic E-state index is 12.7. The fraction of sp³-hybridized carbons (Fsp3) is 0.304. The molecule has 3 aromatic rings. The van der Waals surface area contributed by atoms with Crippen LogP contribution < -0.4 is 16.2 Å². The molecular weight excluding hydrogens is 396 g/mol. The van der Waals surface area contributed by atoms with Gasteiger partial charge in [0, 0.05) is 12.3 Å². The lowest BCUT2D eigenvalue weighted by molar-refractivity contribution is -0.116. The molecule has 1 aromatic carbocycles. The van der Waals surface area contributed by atoms with Crippen LogP contribution in [0.4, 0.5) is 5.82 Å². The van der Waals surface area contributed by atoms with E-state index in [1.54, 1.807) is 19.1 Å². The lowest BCUT2D eigenvalue weighted by atomic mass is 9.99. The topological polar surface area (TPSA) is 106 Å². The van der Waals surface area contributed by atoms with Crippen LogP contribution in [0.5, 0.6) is 0 Å². The van der Waals surface area contributed by atoms with Crippen molar-refractivity contribution in [1.82, 2.24) is 15.0 Å². The SMILES string of the molecule is Cc1cc(NC(=O)Cn2cccc(C(=O)NC(C)c3ccc(C(C)C)cc3)c2=O)no1. The molecular formula is C23H26N4O4. The van der Waals surface area contributed by atoms with E-state index < -0.39 is 17.4 Å². The molecule has 8 nitrogen and oxygen atoms in total. The Hall–Kier alpha value is -3.68. The molecule has 0 radical (unpaired) electrons. The second kappa shape index (κ2) is 9.42. The molecule has 0 spiro atoms. The van der Waals surface area contributed by atoms with Crippen molar-refractivity contribution in [2.45, 2.75) is 46.2 Å². The van der Waals surface area contributed by atoms with Crippen LogP contribution in [0.2, 0.25) is 0 Å². The molecule has 31 heavy (non-hydrogen) atoms. The summed E-state index contributed by atoms with van der Waals surface area (Å²) in [7, 11) is 0. The van der Waals surface area contributed by atoms with Crippen LogP contribution in [-0.4, -0.2) is 21.5 Å². The fourth-order valence-electron chi connectivity index (χ4n) is 3.12. The molecule has 1 unspecified atom stereocenters. The minimum absolute atomic E-state index is 0.0294. The van der Waals surface area contributed by atoms with Gasteiger partial charge in [-0.05, 0) is 43.0 Å². The highest BCUT2D eigenvalue weighted by atomic mass is 16.5. The first kappa shape index (κ1) is 22.0. The van der Waals surface area contributed by atoms with Crippen molar-refractivity contribution in [2.24, 2.45) is 0 Å². The van der Waals surface area contributed by atoms with E-state index >= 15 is 0 Å². The van der Waals surface area contributed by atoms with E-state index in [1.807, 2.05) is 31.2 Å². The van der Waals surface area contributed by atoms with Crippen LogP contribution in [0.3, 0.4) is 0 Å². The summed E-state index contributed by atoms with van der Waals surface area (Å²) < 4.78 is 6.08. The molecule has 2 amide bonds. The van der Waals surface area contributed by atoms with Crippen molar-refractivity contribution in [2.75, 3.05) is 5.32 Å². The molecule has 8 heteroatoms. The Labute approximate surface area is 180 Å². The van der Waals surface area contributed by atoms with Crippen molar-refractivity contribution in [3.8, 4) is 0 Å². The largest absolute Gasteiger partial charge is 0.360 e. The molecule has 0 saturated carbocycles. The lowest BCUT2D eigenvalue weighted by Gasteiger charge is -2.16. The van der Waals surface area contributed by atoms with Gasteiger partial charge in [-0.1, -0.05) is 43.3 Å². The van der Waals surface area contributed by atoms with Crippen LogP contribution in [0.25, 0.3) is 0 Å². The third kappa shape index (κ3) is 5.48. The van der Waals surface area contributed by atoms with Crippen LogP contribution in [0, 0.1) is 6.92 Å². The number of hydrogen-bond donors (Lipinski definition) is 2. The number of carbonyl (C=O) groups excluding carboxylic acids is 2. The first-order chi connectivity index (χ1) is 14.7. The summed E-state index contributed by atoms with van der Waals surface area (Å²) in [5.41, 5.74) is 1.58. The number of rotatable bonds is 7. The van der Waals surface area contributed by atoms with E-state index in [1.165, 1.54) is 22.4 Å². The van der Waals surface area contributed by atoms with Crippen molar-refractivity contribution in [3.05, 3.63) is 81.5 Å². The summed E-state index contributed by atoms with van der Waals surface area (Å²) in [4.78, 5) is 37.6. The van der Waals surface area contributed by atoms with E-state index in [-0.39, 0.29) is 24.0 Å². The molecule has 1 atom stereocenters. The van der Waals surface area contributed by atoms with Gasteiger partial charge in [-0.3, -0.25) is 14.4 Å². The molecule has 162 valence electrons. The number of nitrogens with zero attached hydrogens (tertiary/aromatic N) is 2. The number of nitrogens with one attached hydrogen (secondary N) is 2. The number of hydrogen-bond acceptors (Lipinski definition) is 5. The molecule has 0 aliphatic rings. The van der Waals surface area contributed by atoms with E-state index in [4.69, 9.17) is 4.52 Å². The smallest absolute Gasteiger partial charge is 0.263 e. The van der Waals surface area contributed by atoms with Gasteiger partial charge in [-0.2, -0.15) is 0 Å². The van der Waals surface area contributed by atoms with Gasteiger partial charge in [-0.25, -0.2) is 0 Å². The Morgan fingerprint density at radius 2 is 1.77 bits per heavy atom. The summed E-state index contributed by atoms with van der Waals surface area (Å²) in [6.45, 7) is 7.55. The first-order valence-electron chi connectivity index (χ1n) is 10.1. The summed E-state index contributed by atoms with van der Waals surface area (Å²) in [6, 6.07) is 12.3. The molecule has 0 bridgehead atoms. The number of carbonyl (C=O) groups is 2. The third-order valence-electron chi connectivity index (χ3n) is 4.92. The van der Waals surface area contributed by atoms with Crippen LogP contribution in [0.1, 0.15) is 60.0 Å². The molecule has 2 aromatic heterocycles. The maximum atomic E-state index is 12.7. The predicted molar refractivity (Wildman–Crippen MR) is 117 cm³/mol. The molecule has 2 heterocycles. The number of anilines is 1.